The molecule has 1 saturated heterocycles. The monoisotopic (exact) mass is 514 g/mol. The van der Waals surface area contributed by atoms with Gasteiger partial charge in [-0.2, -0.15) is 17.2 Å². The molecule has 1 aliphatic heterocycles. The number of hydrogen-bond donors (Lipinski definition) is 1. The molecule has 3 aliphatic rings. The first-order valence-corrected chi connectivity index (χ1v) is 12.9. The van der Waals surface area contributed by atoms with Crippen molar-refractivity contribution in [3.63, 3.8) is 0 Å². The number of halogens is 3. The molecule has 0 aromatic carbocycles. The molecule has 0 aromatic heterocycles. The van der Waals surface area contributed by atoms with Gasteiger partial charge in [-0.25, -0.2) is 4.39 Å². The summed E-state index contributed by atoms with van der Waals surface area (Å²) in [6, 6.07) is 0. The molecular formula is C21H29F3O9S. The molecule has 34 heavy (non-hydrogen) atoms. The van der Waals surface area contributed by atoms with Gasteiger partial charge in [0.25, 0.3) is 0 Å². The normalized spacial score (nSPS) is 32.6. The molecule has 0 aromatic rings. The van der Waals surface area contributed by atoms with Crippen LogP contribution >= 0.6 is 0 Å². The first-order chi connectivity index (χ1) is 15.9. The van der Waals surface area contributed by atoms with E-state index in [2.05, 4.69) is 0 Å². The highest BCUT2D eigenvalue weighted by Gasteiger charge is 2.54. The number of ether oxygens (including phenoxy) is 3. The predicted octanol–water partition coefficient (Wildman–Crippen LogP) is 2.82. The Balaban J connectivity index is 1.55. The molecule has 194 valence electrons. The van der Waals surface area contributed by atoms with Crippen LogP contribution in [0.25, 0.3) is 0 Å². The van der Waals surface area contributed by atoms with Gasteiger partial charge < -0.3 is 14.2 Å². The van der Waals surface area contributed by atoms with Gasteiger partial charge in [-0.15, -0.1) is 0 Å². The minimum absolute atomic E-state index is 0.0167. The van der Waals surface area contributed by atoms with Gasteiger partial charge in [0.1, 0.15) is 12.2 Å². The lowest BCUT2D eigenvalue weighted by Crippen LogP contribution is -2.40. The molecule has 2 saturated carbocycles. The molecule has 1 heterocycles. The topological polar surface area (TPSA) is 133 Å². The van der Waals surface area contributed by atoms with E-state index in [9.17, 15) is 36.0 Å². The van der Waals surface area contributed by atoms with Gasteiger partial charge in [0.05, 0.1) is 24.4 Å². The Bertz CT molecular complexity index is 894. The van der Waals surface area contributed by atoms with Gasteiger partial charge in [0.2, 0.25) is 0 Å². The summed E-state index contributed by atoms with van der Waals surface area (Å²) in [5.74, 6) is -3.84. The maximum atomic E-state index is 13.6. The van der Waals surface area contributed by atoms with Gasteiger partial charge in [0, 0.05) is 12.3 Å². The smallest absolute Gasteiger partial charge is 0.400 e. The second-order valence-corrected chi connectivity index (χ2v) is 10.6. The van der Waals surface area contributed by atoms with E-state index in [1.54, 1.807) is 0 Å². The summed E-state index contributed by atoms with van der Waals surface area (Å²) in [5.41, 5.74) is 0. The minimum atomic E-state index is -5.96. The van der Waals surface area contributed by atoms with E-state index < -0.39 is 70.6 Å². The first kappa shape index (κ1) is 26.7. The van der Waals surface area contributed by atoms with Crippen molar-refractivity contribution in [3.8, 4) is 0 Å². The van der Waals surface area contributed by atoms with Crippen molar-refractivity contribution in [2.24, 2.45) is 23.7 Å². The highest BCUT2D eigenvalue weighted by molar-refractivity contribution is 7.86. The summed E-state index contributed by atoms with van der Waals surface area (Å²) in [7, 11) is -5.96. The van der Waals surface area contributed by atoms with Crippen LogP contribution in [-0.4, -0.2) is 61.1 Å². The average molecular weight is 515 g/mol. The molecule has 0 bridgehead atoms. The lowest BCUT2D eigenvalue weighted by Gasteiger charge is -2.30. The fourth-order valence-corrected chi connectivity index (χ4v) is 5.62. The van der Waals surface area contributed by atoms with Gasteiger partial charge in [0.15, 0.2) is 6.17 Å². The van der Waals surface area contributed by atoms with Crippen molar-refractivity contribution in [1.29, 1.82) is 0 Å². The Kier molecular flexibility index (Phi) is 8.16. The molecule has 0 radical (unpaired) electrons. The number of esters is 3. The fraction of sp³-hybridized carbons (Fsp3) is 0.857. The Morgan fingerprint density at radius 3 is 2.35 bits per heavy atom. The quantitative estimate of drug-likeness (QED) is 0.280. The molecule has 7 unspecified atom stereocenters. The summed E-state index contributed by atoms with van der Waals surface area (Å²) >= 11 is 0. The zero-order chi connectivity index (χ0) is 25.3. The number of carbonyl (C=O) groups excluding carboxylic acids is 3. The molecule has 1 N–H and O–H groups in total. The van der Waals surface area contributed by atoms with Gasteiger partial charge in [-0.05, 0) is 32.1 Å². The minimum Gasteiger partial charge on any atom is -0.465 e. The zero-order valence-corrected chi connectivity index (χ0v) is 19.5. The molecule has 3 rings (SSSR count). The number of fused-ring (bicyclic) bond motifs is 1. The van der Waals surface area contributed by atoms with E-state index in [-0.39, 0.29) is 24.2 Å². The molecule has 3 fully saturated rings. The second kappa shape index (κ2) is 10.4. The summed E-state index contributed by atoms with van der Waals surface area (Å²) < 4.78 is 85.7. The van der Waals surface area contributed by atoms with Crippen LogP contribution in [-0.2, 0) is 38.7 Å². The lowest BCUT2D eigenvalue weighted by atomic mass is 9.79. The number of hydrogen-bond acceptors (Lipinski definition) is 8. The summed E-state index contributed by atoms with van der Waals surface area (Å²) in [6.45, 7) is 1.03. The maximum absolute atomic E-state index is 13.6. The van der Waals surface area contributed by atoms with Crippen molar-refractivity contribution in [1.82, 2.24) is 0 Å². The third-order valence-corrected chi connectivity index (χ3v) is 7.99. The van der Waals surface area contributed by atoms with E-state index in [4.69, 9.17) is 18.8 Å². The molecule has 0 spiro atoms. The third kappa shape index (κ3) is 5.34. The SMILES string of the molecule is CCC1C(=O)OC2C(OC(=O)C3CCCCC3C(=O)OCCC(F)C(F)(F)S(=O)(=O)O)CCC12. The van der Waals surface area contributed by atoms with Gasteiger partial charge >= 0.3 is 33.3 Å². The molecule has 9 nitrogen and oxygen atoms in total. The highest BCUT2D eigenvalue weighted by atomic mass is 32.2. The molecular weight excluding hydrogens is 485 g/mol. The Hall–Kier alpha value is -1.89. The van der Waals surface area contributed by atoms with Crippen molar-refractivity contribution in [2.45, 2.75) is 81.9 Å². The van der Waals surface area contributed by atoms with E-state index in [0.717, 1.165) is 0 Å². The zero-order valence-electron chi connectivity index (χ0n) is 18.7. The predicted molar refractivity (Wildman–Crippen MR) is 109 cm³/mol. The van der Waals surface area contributed by atoms with E-state index in [1.165, 1.54) is 0 Å². The number of rotatable bonds is 9. The summed E-state index contributed by atoms with van der Waals surface area (Å²) in [6.07, 6.45) is -1.82. The first-order valence-electron chi connectivity index (χ1n) is 11.4. The Morgan fingerprint density at radius 1 is 1.15 bits per heavy atom. The fourth-order valence-electron chi connectivity index (χ4n) is 5.18. The van der Waals surface area contributed by atoms with Crippen molar-refractivity contribution >= 4 is 28.0 Å². The van der Waals surface area contributed by atoms with Crippen LogP contribution in [0.2, 0.25) is 0 Å². The van der Waals surface area contributed by atoms with E-state index in [0.29, 0.717) is 38.5 Å². The van der Waals surface area contributed by atoms with Crippen LogP contribution in [0.15, 0.2) is 0 Å². The summed E-state index contributed by atoms with van der Waals surface area (Å²) in [4.78, 5) is 37.4. The molecule has 2 aliphatic carbocycles. The lowest BCUT2D eigenvalue weighted by molar-refractivity contribution is -0.171. The van der Waals surface area contributed by atoms with Crippen molar-refractivity contribution in [3.05, 3.63) is 0 Å². The van der Waals surface area contributed by atoms with Gasteiger partial charge in [-0.1, -0.05) is 19.8 Å². The number of alkyl halides is 3. The molecule has 0 amide bonds. The van der Waals surface area contributed by atoms with Crippen molar-refractivity contribution < 1.29 is 54.7 Å². The summed E-state index contributed by atoms with van der Waals surface area (Å²) in [5, 5.41) is -5.03. The third-order valence-electron chi connectivity index (χ3n) is 7.05. The Labute approximate surface area is 195 Å². The van der Waals surface area contributed by atoms with Crippen LogP contribution < -0.4 is 0 Å². The highest BCUT2D eigenvalue weighted by Crippen LogP contribution is 2.44. The van der Waals surface area contributed by atoms with E-state index in [1.807, 2.05) is 6.92 Å². The van der Waals surface area contributed by atoms with Crippen molar-refractivity contribution in [2.75, 3.05) is 6.61 Å². The van der Waals surface area contributed by atoms with Gasteiger partial charge in [-0.3, -0.25) is 18.9 Å². The number of carbonyl (C=O) groups is 3. The van der Waals surface area contributed by atoms with Crippen LogP contribution in [0, 0.1) is 23.7 Å². The largest absolute Gasteiger partial charge is 0.465 e. The van der Waals surface area contributed by atoms with Crippen LogP contribution in [0.3, 0.4) is 0 Å². The average Bonchev–Trinajstić information content (AvgIpc) is 3.30. The maximum Gasteiger partial charge on any atom is 0.400 e. The van der Waals surface area contributed by atoms with Crippen LogP contribution in [0.4, 0.5) is 13.2 Å². The molecule has 7 atom stereocenters. The molecule has 13 heteroatoms. The van der Waals surface area contributed by atoms with E-state index >= 15 is 0 Å². The van der Waals surface area contributed by atoms with Crippen LogP contribution in [0.1, 0.15) is 58.3 Å². The Morgan fingerprint density at radius 2 is 1.76 bits per heavy atom. The second-order valence-electron chi connectivity index (χ2n) is 9.09. The van der Waals surface area contributed by atoms with Crippen LogP contribution in [0.5, 0.6) is 0 Å². The standard InChI is InChI=1S/C21H29F3O9S/c1-2-11-12-7-8-15(17(12)33-19(11)26)32-20(27)14-6-4-3-5-13(14)18(25)31-10-9-16(22)21(23,24)34(28,29)30/h11-17H,2-10H2,1H3,(H,28,29,30).